The molecule has 0 fully saturated rings. The Balaban J connectivity index is 2.69. The highest BCUT2D eigenvalue weighted by Crippen LogP contribution is 2.01. The third-order valence-corrected chi connectivity index (χ3v) is 1.63. The van der Waals surface area contributed by atoms with Crippen molar-refractivity contribution in [2.75, 3.05) is 0 Å². The van der Waals surface area contributed by atoms with Crippen LogP contribution in [-0.2, 0) is 11.2 Å². The molecule has 1 unspecified atom stereocenters. The molecule has 70 valence electrons. The van der Waals surface area contributed by atoms with Crippen molar-refractivity contribution >= 4 is 5.97 Å². The minimum absolute atomic E-state index is 0.0526. The van der Waals surface area contributed by atoms with Gasteiger partial charge in [-0.2, -0.15) is 0 Å². The van der Waals surface area contributed by atoms with Gasteiger partial charge in [0.05, 0.1) is 0 Å². The Morgan fingerprint density at radius 3 is 2.85 bits per heavy atom. The fourth-order valence-electron chi connectivity index (χ4n) is 0.999. The summed E-state index contributed by atoms with van der Waals surface area (Å²) in [4.78, 5) is 14.4. The molecule has 1 rings (SSSR count). The summed E-state index contributed by atoms with van der Waals surface area (Å²) in [5.41, 5.74) is 1.41. The molecule has 0 radical (unpaired) electrons. The summed E-state index contributed by atoms with van der Waals surface area (Å²) in [5.74, 6) is -1.22. The van der Waals surface area contributed by atoms with Gasteiger partial charge in [0, 0.05) is 17.8 Å². The highest BCUT2D eigenvalue weighted by Gasteiger charge is 2.13. The van der Waals surface area contributed by atoms with Crippen LogP contribution in [0.5, 0.6) is 0 Å². The van der Waals surface area contributed by atoms with Crippen LogP contribution in [0, 0.1) is 6.92 Å². The van der Waals surface area contributed by atoms with Crippen LogP contribution in [0.1, 0.15) is 11.4 Å². The molecule has 0 saturated carbocycles. The number of aliphatic hydroxyl groups is 1. The second-order valence-corrected chi connectivity index (χ2v) is 2.83. The first-order valence-corrected chi connectivity index (χ1v) is 3.93. The number of carbonyl (C=O) groups is 1. The van der Waals surface area contributed by atoms with Crippen molar-refractivity contribution in [3.63, 3.8) is 0 Å². The number of aliphatic hydroxyl groups excluding tert-OH is 1. The predicted molar refractivity (Wildman–Crippen MR) is 46.3 cm³/mol. The average molecular weight is 181 g/mol. The van der Waals surface area contributed by atoms with Crippen molar-refractivity contribution in [2.45, 2.75) is 19.4 Å². The van der Waals surface area contributed by atoms with Gasteiger partial charge in [-0.15, -0.1) is 0 Å². The molecule has 0 amide bonds. The molecule has 0 aliphatic heterocycles. The Kier molecular flexibility index (Phi) is 2.97. The Morgan fingerprint density at radius 2 is 2.31 bits per heavy atom. The lowest BCUT2D eigenvalue weighted by molar-refractivity contribution is -0.146. The van der Waals surface area contributed by atoms with E-state index in [1.807, 2.05) is 13.0 Å². The van der Waals surface area contributed by atoms with Gasteiger partial charge in [0.25, 0.3) is 0 Å². The van der Waals surface area contributed by atoms with Crippen LogP contribution < -0.4 is 0 Å². The van der Waals surface area contributed by atoms with Gasteiger partial charge in [-0.05, 0) is 19.1 Å². The Labute approximate surface area is 75.9 Å². The Hall–Kier alpha value is -1.42. The van der Waals surface area contributed by atoms with Crippen molar-refractivity contribution in [1.82, 2.24) is 4.98 Å². The van der Waals surface area contributed by atoms with E-state index >= 15 is 0 Å². The van der Waals surface area contributed by atoms with Crippen molar-refractivity contribution < 1.29 is 15.0 Å². The van der Waals surface area contributed by atoms with E-state index in [4.69, 9.17) is 10.2 Å². The summed E-state index contributed by atoms with van der Waals surface area (Å²) in [7, 11) is 0. The second-order valence-electron chi connectivity index (χ2n) is 2.83. The van der Waals surface area contributed by atoms with Gasteiger partial charge in [-0.3, -0.25) is 4.98 Å². The number of carboxylic acid groups (broad SMARTS) is 1. The maximum atomic E-state index is 10.3. The fraction of sp³-hybridized carbons (Fsp3) is 0.333. The zero-order chi connectivity index (χ0) is 9.84. The zero-order valence-corrected chi connectivity index (χ0v) is 7.27. The zero-order valence-electron chi connectivity index (χ0n) is 7.27. The highest BCUT2D eigenvalue weighted by atomic mass is 16.4. The molecule has 4 nitrogen and oxygen atoms in total. The summed E-state index contributed by atoms with van der Waals surface area (Å²) in [6.07, 6.45) is -1.31. The van der Waals surface area contributed by atoms with Crippen LogP contribution in [0.2, 0.25) is 0 Å². The van der Waals surface area contributed by atoms with E-state index in [1.165, 1.54) is 0 Å². The van der Waals surface area contributed by atoms with Crippen LogP contribution in [0.25, 0.3) is 0 Å². The molecule has 4 heteroatoms. The lowest BCUT2D eigenvalue weighted by Gasteiger charge is -2.04. The SMILES string of the molecule is Cc1cccc(CC(O)C(=O)O)n1. The van der Waals surface area contributed by atoms with Crippen molar-refractivity contribution in [3.8, 4) is 0 Å². The largest absolute Gasteiger partial charge is 0.479 e. The number of aliphatic carboxylic acids is 1. The van der Waals surface area contributed by atoms with E-state index in [9.17, 15) is 4.79 Å². The summed E-state index contributed by atoms with van der Waals surface area (Å²) in [5, 5.41) is 17.5. The van der Waals surface area contributed by atoms with Crippen molar-refractivity contribution in [1.29, 1.82) is 0 Å². The molecule has 13 heavy (non-hydrogen) atoms. The molecule has 1 atom stereocenters. The lowest BCUT2D eigenvalue weighted by atomic mass is 10.2. The first-order valence-electron chi connectivity index (χ1n) is 3.93. The molecule has 1 aromatic rings. The average Bonchev–Trinajstić information content (AvgIpc) is 2.04. The first kappa shape index (κ1) is 9.67. The van der Waals surface area contributed by atoms with Gasteiger partial charge in [-0.1, -0.05) is 6.07 Å². The van der Waals surface area contributed by atoms with E-state index < -0.39 is 12.1 Å². The molecule has 2 N–H and O–H groups in total. The quantitative estimate of drug-likeness (QED) is 0.707. The van der Waals surface area contributed by atoms with Crippen LogP contribution in [0.4, 0.5) is 0 Å². The van der Waals surface area contributed by atoms with Gasteiger partial charge in [0.2, 0.25) is 0 Å². The van der Waals surface area contributed by atoms with E-state index in [-0.39, 0.29) is 6.42 Å². The standard InChI is InChI=1S/C9H11NO3/c1-6-3-2-4-7(10-6)5-8(11)9(12)13/h2-4,8,11H,5H2,1H3,(H,12,13). The summed E-state index contributed by atoms with van der Waals surface area (Å²) in [6.45, 7) is 1.82. The number of pyridine rings is 1. The van der Waals surface area contributed by atoms with E-state index in [0.29, 0.717) is 5.69 Å². The molecule has 0 aliphatic carbocycles. The van der Waals surface area contributed by atoms with E-state index in [1.54, 1.807) is 12.1 Å². The van der Waals surface area contributed by atoms with Gasteiger partial charge >= 0.3 is 5.97 Å². The summed E-state index contributed by atoms with van der Waals surface area (Å²) in [6, 6.07) is 5.29. The molecule has 1 aromatic heterocycles. The van der Waals surface area contributed by atoms with Crippen LogP contribution in [0.3, 0.4) is 0 Å². The second kappa shape index (κ2) is 4.00. The molecule has 0 aromatic carbocycles. The molecule has 0 aliphatic rings. The molecular formula is C9H11NO3. The normalized spacial score (nSPS) is 12.5. The van der Waals surface area contributed by atoms with E-state index in [0.717, 1.165) is 5.69 Å². The molecule has 1 heterocycles. The van der Waals surface area contributed by atoms with Crippen molar-refractivity contribution in [2.24, 2.45) is 0 Å². The van der Waals surface area contributed by atoms with Gasteiger partial charge in [-0.25, -0.2) is 4.79 Å². The minimum Gasteiger partial charge on any atom is -0.479 e. The maximum absolute atomic E-state index is 10.3. The number of aryl methyl sites for hydroxylation is 1. The number of hydrogen-bond acceptors (Lipinski definition) is 3. The Bertz CT molecular complexity index is 311. The Morgan fingerprint density at radius 1 is 1.62 bits per heavy atom. The maximum Gasteiger partial charge on any atom is 0.332 e. The molecule has 0 spiro atoms. The van der Waals surface area contributed by atoms with Crippen molar-refractivity contribution in [3.05, 3.63) is 29.6 Å². The first-order chi connectivity index (χ1) is 6.09. The smallest absolute Gasteiger partial charge is 0.332 e. The summed E-state index contributed by atoms with van der Waals surface area (Å²) >= 11 is 0. The number of rotatable bonds is 3. The number of hydrogen-bond donors (Lipinski definition) is 2. The fourth-order valence-corrected chi connectivity index (χ4v) is 0.999. The lowest BCUT2D eigenvalue weighted by Crippen LogP contribution is -2.22. The van der Waals surface area contributed by atoms with Crippen LogP contribution in [0.15, 0.2) is 18.2 Å². The predicted octanol–water partition coefficient (Wildman–Crippen LogP) is 0.378. The van der Waals surface area contributed by atoms with Gasteiger partial charge < -0.3 is 10.2 Å². The van der Waals surface area contributed by atoms with Gasteiger partial charge in [0.15, 0.2) is 6.10 Å². The molecular weight excluding hydrogens is 170 g/mol. The molecule has 0 saturated heterocycles. The highest BCUT2D eigenvalue weighted by molar-refractivity contribution is 5.72. The minimum atomic E-state index is -1.37. The third kappa shape index (κ3) is 2.83. The summed E-state index contributed by atoms with van der Waals surface area (Å²) < 4.78 is 0. The monoisotopic (exact) mass is 181 g/mol. The topological polar surface area (TPSA) is 70.4 Å². The third-order valence-electron chi connectivity index (χ3n) is 1.63. The van der Waals surface area contributed by atoms with Gasteiger partial charge in [0.1, 0.15) is 0 Å². The van der Waals surface area contributed by atoms with E-state index in [2.05, 4.69) is 4.98 Å². The van der Waals surface area contributed by atoms with Crippen LogP contribution in [-0.4, -0.2) is 27.3 Å². The number of carboxylic acids is 1. The molecule has 0 bridgehead atoms. The number of aromatic nitrogens is 1. The number of nitrogens with zero attached hydrogens (tertiary/aromatic N) is 1. The van der Waals surface area contributed by atoms with Crippen LogP contribution >= 0.6 is 0 Å².